The third-order valence-corrected chi connectivity index (χ3v) is 1.96. The van der Waals surface area contributed by atoms with Gasteiger partial charge in [-0.15, -0.1) is 0 Å². The van der Waals surface area contributed by atoms with Crippen LogP contribution >= 0.6 is 11.3 Å². The van der Waals surface area contributed by atoms with E-state index >= 15 is 0 Å². The standard InChI is InChI=1S/C8H11N3OS/c1-2-9-8(12)11-10-5-7-3-4-13-6-7/h3-6H,2H2,1H3,(H2,9,11,12)/b10-5+. The second-order valence-electron chi connectivity index (χ2n) is 2.29. The van der Waals surface area contributed by atoms with Gasteiger partial charge in [-0.1, -0.05) is 0 Å². The van der Waals surface area contributed by atoms with Crippen LogP contribution in [0.3, 0.4) is 0 Å². The van der Waals surface area contributed by atoms with Crippen molar-refractivity contribution in [2.24, 2.45) is 5.10 Å². The zero-order valence-electron chi connectivity index (χ0n) is 7.28. The molecule has 0 aliphatic carbocycles. The summed E-state index contributed by atoms with van der Waals surface area (Å²) in [6.45, 7) is 2.45. The van der Waals surface area contributed by atoms with E-state index in [9.17, 15) is 4.79 Å². The number of carbonyl (C=O) groups excluding carboxylic acids is 1. The van der Waals surface area contributed by atoms with Gasteiger partial charge in [0.1, 0.15) is 0 Å². The van der Waals surface area contributed by atoms with Gasteiger partial charge in [-0.2, -0.15) is 16.4 Å². The molecule has 0 atom stereocenters. The number of nitrogens with one attached hydrogen (secondary N) is 2. The molecule has 0 aliphatic heterocycles. The number of hydrogen-bond donors (Lipinski definition) is 2. The SMILES string of the molecule is CCNC(=O)N/N=C/c1ccsc1. The number of nitrogens with zero attached hydrogens (tertiary/aromatic N) is 1. The number of urea groups is 1. The van der Waals surface area contributed by atoms with Crippen LogP contribution in [0.1, 0.15) is 12.5 Å². The fourth-order valence-electron chi connectivity index (χ4n) is 0.714. The highest BCUT2D eigenvalue weighted by Gasteiger charge is 1.92. The van der Waals surface area contributed by atoms with E-state index in [2.05, 4.69) is 15.8 Å². The van der Waals surface area contributed by atoms with Crippen molar-refractivity contribution in [3.63, 3.8) is 0 Å². The van der Waals surface area contributed by atoms with Gasteiger partial charge in [0.15, 0.2) is 0 Å². The van der Waals surface area contributed by atoms with E-state index in [-0.39, 0.29) is 6.03 Å². The van der Waals surface area contributed by atoms with Gasteiger partial charge in [0, 0.05) is 12.1 Å². The highest BCUT2D eigenvalue weighted by molar-refractivity contribution is 7.08. The zero-order valence-corrected chi connectivity index (χ0v) is 8.10. The predicted molar refractivity (Wildman–Crippen MR) is 54.1 cm³/mol. The van der Waals surface area contributed by atoms with Gasteiger partial charge in [-0.3, -0.25) is 0 Å². The summed E-state index contributed by atoms with van der Waals surface area (Å²) in [6.07, 6.45) is 1.60. The lowest BCUT2D eigenvalue weighted by atomic mass is 10.4. The van der Waals surface area contributed by atoms with Gasteiger partial charge >= 0.3 is 6.03 Å². The Balaban J connectivity index is 2.30. The van der Waals surface area contributed by atoms with Crippen LogP contribution in [0, 0.1) is 0 Å². The number of hydrogen-bond acceptors (Lipinski definition) is 3. The molecule has 0 aromatic carbocycles. The fraction of sp³-hybridized carbons (Fsp3) is 0.250. The van der Waals surface area contributed by atoms with E-state index in [1.807, 2.05) is 23.8 Å². The summed E-state index contributed by atoms with van der Waals surface area (Å²) < 4.78 is 0. The molecule has 0 spiro atoms. The van der Waals surface area contributed by atoms with Crippen molar-refractivity contribution < 1.29 is 4.79 Å². The summed E-state index contributed by atoms with van der Waals surface area (Å²) in [6, 6.07) is 1.64. The number of amides is 2. The van der Waals surface area contributed by atoms with E-state index in [0.717, 1.165) is 5.56 Å². The molecule has 0 bridgehead atoms. The van der Waals surface area contributed by atoms with Crippen LogP contribution in [0.2, 0.25) is 0 Å². The normalized spacial score (nSPS) is 10.2. The maximum absolute atomic E-state index is 10.8. The Morgan fingerprint density at radius 3 is 3.23 bits per heavy atom. The maximum atomic E-state index is 10.8. The highest BCUT2D eigenvalue weighted by atomic mass is 32.1. The number of hydrazone groups is 1. The third kappa shape index (κ3) is 3.71. The third-order valence-electron chi connectivity index (χ3n) is 1.26. The van der Waals surface area contributed by atoms with Crippen LogP contribution < -0.4 is 10.7 Å². The molecule has 1 heterocycles. The molecular weight excluding hydrogens is 186 g/mol. The van der Waals surface area contributed by atoms with Crippen LogP contribution in [-0.2, 0) is 0 Å². The van der Waals surface area contributed by atoms with E-state index in [1.54, 1.807) is 17.6 Å². The maximum Gasteiger partial charge on any atom is 0.335 e. The molecule has 0 saturated heterocycles. The molecule has 0 saturated carbocycles. The van der Waals surface area contributed by atoms with Crippen LogP contribution in [0.25, 0.3) is 0 Å². The first kappa shape index (κ1) is 9.73. The highest BCUT2D eigenvalue weighted by Crippen LogP contribution is 2.01. The molecule has 1 aromatic rings. The summed E-state index contributed by atoms with van der Waals surface area (Å²) in [5.41, 5.74) is 3.33. The van der Waals surface area contributed by atoms with E-state index < -0.39 is 0 Å². The molecule has 4 nitrogen and oxygen atoms in total. The van der Waals surface area contributed by atoms with Gasteiger partial charge < -0.3 is 5.32 Å². The van der Waals surface area contributed by atoms with E-state index in [4.69, 9.17) is 0 Å². The van der Waals surface area contributed by atoms with Crippen molar-refractivity contribution in [1.82, 2.24) is 10.7 Å². The summed E-state index contributed by atoms with van der Waals surface area (Å²) >= 11 is 1.59. The number of rotatable bonds is 3. The summed E-state index contributed by atoms with van der Waals surface area (Å²) in [5.74, 6) is 0. The topological polar surface area (TPSA) is 53.5 Å². The minimum Gasteiger partial charge on any atom is -0.337 e. The van der Waals surface area contributed by atoms with Crippen LogP contribution in [-0.4, -0.2) is 18.8 Å². The molecule has 2 amide bonds. The fourth-order valence-corrected chi connectivity index (χ4v) is 1.32. The molecule has 0 fully saturated rings. The van der Waals surface area contributed by atoms with Crippen molar-refractivity contribution >= 4 is 23.6 Å². The molecule has 0 radical (unpaired) electrons. The number of carbonyl (C=O) groups is 1. The Kier molecular flexibility index (Phi) is 3.98. The van der Waals surface area contributed by atoms with E-state index in [0.29, 0.717) is 6.54 Å². The lowest BCUT2D eigenvalue weighted by molar-refractivity contribution is 0.242. The predicted octanol–water partition coefficient (Wildman–Crippen LogP) is 1.40. The zero-order chi connectivity index (χ0) is 9.52. The molecule has 5 heteroatoms. The van der Waals surface area contributed by atoms with Gasteiger partial charge in [0.25, 0.3) is 0 Å². The van der Waals surface area contributed by atoms with Gasteiger partial charge in [-0.25, -0.2) is 10.2 Å². The Morgan fingerprint density at radius 2 is 2.62 bits per heavy atom. The van der Waals surface area contributed by atoms with E-state index in [1.165, 1.54) is 0 Å². The second kappa shape index (κ2) is 5.31. The Morgan fingerprint density at radius 1 is 1.77 bits per heavy atom. The lowest BCUT2D eigenvalue weighted by Crippen LogP contribution is -2.31. The molecular formula is C8H11N3OS. The first-order valence-corrected chi connectivity index (χ1v) is 4.86. The van der Waals surface area contributed by atoms with Crippen molar-refractivity contribution in [3.05, 3.63) is 22.4 Å². The molecule has 13 heavy (non-hydrogen) atoms. The van der Waals surface area contributed by atoms with Crippen molar-refractivity contribution in [3.8, 4) is 0 Å². The smallest absolute Gasteiger partial charge is 0.335 e. The van der Waals surface area contributed by atoms with Crippen LogP contribution in [0.15, 0.2) is 21.9 Å². The van der Waals surface area contributed by atoms with Gasteiger partial charge in [0.2, 0.25) is 0 Å². The molecule has 1 aromatic heterocycles. The summed E-state index contributed by atoms with van der Waals surface area (Å²) in [7, 11) is 0. The minimum atomic E-state index is -0.283. The molecule has 1 rings (SSSR count). The van der Waals surface area contributed by atoms with Crippen molar-refractivity contribution in [2.75, 3.05) is 6.54 Å². The summed E-state index contributed by atoms with van der Waals surface area (Å²) in [5, 5.41) is 10.2. The Labute approximate surface area is 80.7 Å². The molecule has 2 N–H and O–H groups in total. The molecule has 0 aliphatic rings. The first-order chi connectivity index (χ1) is 6.33. The van der Waals surface area contributed by atoms with Crippen LogP contribution in [0.5, 0.6) is 0 Å². The molecule has 0 unspecified atom stereocenters. The largest absolute Gasteiger partial charge is 0.337 e. The Hall–Kier alpha value is -1.36. The minimum absolute atomic E-state index is 0.283. The van der Waals surface area contributed by atoms with Crippen LogP contribution in [0.4, 0.5) is 4.79 Å². The van der Waals surface area contributed by atoms with Gasteiger partial charge in [-0.05, 0) is 23.8 Å². The second-order valence-corrected chi connectivity index (χ2v) is 3.07. The quantitative estimate of drug-likeness (QED) is 0.558. The van der Waals surface area contributed by atoms with Crippen molar-refractivity contribution in [1.29, 1.82) is 0 Å². The Bertz CT molecular complexity index is 282. The van der Waals surface area contributed by atoms with Gasteiger partial charge in [0.05, 0.1) is 6.21 Å². The molecule has 70 valence electrons. The lowest BCUT2D eigenvalue weighted by Gasteiger charge is -1.97. The average molecular weight is 197 g/mol. The summed E-state index contributed by atoms with van der Waals surface area (Å²) in [4.78, 5) is 10.8. The van der Waals surface area contributed by atoms with Crippen molar-refractivity contribution in [2.45, 2.75) is 6.92 Å². The average Bonchev–Trinajstić information content (AvgIpc) is 2.57. The first-order valence-electron chi connectivity index (χ1n) is 3.92. The number of thiophene rings is 1. The monoisotopic (exact) mass is 197 g/mol.